The summed E-state index contributed by atoms with van der Waals surface area (Å²) < 4.78 is 17.4. The Bertz CT molecular complexity index is 776. The highest BCUT2D eigenvalue weighted by atomic mass is 16.7. The zero-order chi connectivity index (χ0) is 14.4. The van der Waals surface area contributed by atoms with Crippen molar-refractivity contribution in [3.8, 4) is 11.5 Å². The molecular formula is C17H12O4. The molecule has 0 amide bonds. The van der Waals surface area contributed by atoms with Gasteiger partial charge in [-0.15, -0.1) is 0 Å². The van der Waals surface area contributed by atoms with E-state index in [2.05, 4.69) is 0 Å². The van der Waals surface area contributed by atoms with E-state index in [1.165, 1.54) is 19.3 Å². The Kier molecular flexibility index (Phi) is 2.36. The maximum Gasteiger partial charge on any atom is 0.331 e. The largest absolute Gasteiger partial charge is 0.493 e. The van der Waals surface area contributed by atoms with E-state index in [0.717, 1.165) is 10.8 Å². The van der Waals surface area contributed by atoms with E-state index < -0.39 is 5.79 Å². The first kappa shape index (κ1) is 12.0. The molecule has 0 saturated carbocycles. The molecule has 1 heterocycles. The average molecular weight is 280 g/mol. The van der Waals surface area contributed by atoms with Gasteiger partial charge in [0.15, 0.2) is 11.5 Å². The summed E-state index contributed by atoms with van der Waals surface area (Å²) in [6.07, 6.45) is 4.40. The van der Waals surface area contributed by atoms with E-state index in [1.807, 2.05) is 36.4 Å². The molecule has 0 bridgehead atoms. The zero-order valence-electron chi connectivity index (χ0n) is 11.3. The molecule has 2 aromatic rings. The Balaban J connectivity index is 1.92. The second-order valence-corrected chi connectivity index (χ2v) is 4.93. The van der Waals surface area contributed by atoms with Crippen molar-refractivity contribution in [1.29, 1.82) is 0 Å². The first-order chi connectivity index (χ1) is 10.2. The van der Waals surface area contributed by atoms with Gasteiger partial charge in [0.2, 0.25) is 0 Å². The van der Waals surface area contributed by atoms with Crippen LogP contribution in [0.25, 0.3) is 10.8 Å². The maximum atomic E-state index is 11.5. The van der Waals surface area contributed by atoms with Crippen molar-refractivity contribution in [2.24, 2.45) is 0 Å². The lowest BCUT2D eigenvalue weighted by atomic mass is 10.0. The standard InChI is InChI=1S/C17H12O4/c1-19-15-10-12(18)8-9-17(15)20-13-6-2-4-11-5-3-7-14(21-17)16(11)13/h2-10H,1H3. The third-order valence-electron chi connectivity index (χ3n) is 3.66. The zero-order valence-corrected chi connectivity index (χ0v) is 11.3. The lowest BCUT2D eigenvalue weighted by Gasteiger charge is -2.37. The summed E-state index contributed by atoms with van der Waals surface area (Å²) >= 11 is 0. The molecule has 21 heavy (non-hydrogen) atoms. The van der Waals surface area contributed by atoms with E-state index >= 15 is 0 Å². The number of hydrogen-bond acceptors (Lipinski definition) is 4. The molecule has 1 spiro atoms. The molecule has 4 rings (SSSR count). The average Bonchev–Trinajstić information content (AvgIpc) is 2.50. The smallest absolute Gasteiger partial charge is 0.331 e. The van der Waals surface area contributed by atoms with Crippen molar-refractivity contribution >= 4 is 16.6 Å². The molecule has 0 N–H and O–H groups in total. The molecule has 4 heteroatoms. The Morgan fingerprint density at radius 3 is 2.33 bits per heavy atom. The molecule has 2 aromatic carbocycles. The van der Waals surface area contributed by atoms with Gasteiger partial charge in [0.05, 0.1) is 12.5 Å². The number of carbonyl (C=O) groups excluding carboxylic acids is 1. The number of allylic oxidation sites excluding steroid dienone is 2. The Morgan fingerprint density at radius 1 is 1.05 bits per heavy atom. The van der Waals surface area contributed by atoms with Gasteiger partial charge in [-0.3, -0.25) is 4.79 Å². The summed E-state index contributed by atoms with van der Waals surface area (Å²) in [4.78, 5) is 11.5. The topological polar surface area (TPSA) is 44.8 Å². The number of benzene rings is 2. The minimum atomic E-state index is -1.22. The van der Waals surface area contributed by atoms with E-state index in [0.29, 0.717) is 17.3 Å². The van der Waals surface area contributed by atoms with Crippen molar-refractivity contribution in [2.75, 3.05) is 7.11 Å². The van der Waals surface area contributed by atoms with Gasteiger partial charge in [0, 0.05) is 12.2 Å². The fourth-order valence-corrected chi connectivity index (χ4v) is 2.71. The first-order valence-electron chi connectivity index (χ1n) is 6.61. The Morgan fingerprint density at radius 2 is 1.71 bits per heavy atom. The summed E-state index contributed by atoms with van der Waals surface area (Å²) in [6, 6.07) is 11.6. The fourth-order valence-electron chi connectivity index (χ4n) is 2.71. The minimum absolute atomic E-state index is 0.151. The number of rotatable bonds is 1. The molecule has 0 radical (unpaired) electrons. The van der Waals surface area contributed by atoms with Gasteiger partial charge in [-0.1, -0.05) is 24.3 Å². The van der Waals surface area contributed by atoms with Crippen molar-refractivity contribution in [1.82, 2.24) is 0 Å². The van der Waals surface area contributed by atoms with Crippen LogP contribution < -0.4 is 9.47 Å². The maximum absolute atomic E-state index is 11.5. The van der Waals surface area contributed by atoms with E-state index in [9.17, 15) is 4.79 Å². The summed E-state index contributed by atoms with van der Waals surface area (Å²) in [5.41, 5.74) is 0. The fraction of sp³-hybridized carbons (Fsp3) is 0.118. The SMILES string of the molecule is COC1=CC(=O)C=CC12Oc1cccc3cccc(c13)O2. The van der Waals surface area contributed by atoms with Crippen LogP contribution in [0.3, 0.4) is 0 Å². The predicted molar refractivity (Wildman–Crippen MR) is 77.2 cm³/mol. The number of carbonyl (C=O) groups is 1. The second kappa shape index (κ2) is 4.12. The highest BCUT2D eigenvalue weighted by Gasteiger charge is 2.44. The van der Waals surface area contributed by atoms with Crippen molar-refractivity contribution in [3.05, 3.63) is 60.4 Å². The van der Waals surface area contributed by atoms with Crippen LogP contribution >= 0.6 is 0 Å². The Labute approximate surface area is 121 Å². The minimum Gasteiger partial charge on any atom is -0.493 e. The summed E-state index contributed by atoms with van der Waals surface area (Å²) in [6.45, 7) is 0. The molecule has 1 aliphatic heterocycles. The van der Waals surface area contributed by atoms with Crippen LogP contribution in [-0.4, -0.2) is 18.7 Å². The molecule has 4 nitrogen and oxygen atoms in total. The van der Waals surface area contributed by atoms with Gasteiger partial charge >= 0.3 is 5.79 Å². The van der Waals surface area contributed by atoms with Gasteiger partial charge < -0.3 is 14.2 Å². The summed E-state index contributed by atoms with van der Waals surface area (Å²) in [5, 5.41) is 1.96. The molecule has 0 unspecified atom stereocenters. The van der Waals surface area contributed by atoms with Crippen molar-refractivity contribution in [2.45, 2.75) is 5.79 Å². The third kappa shape index (κ3) is 1.65. The van der Waals surface area contributed by atoms with Crippen LogP contribution in [0, 0.1) is 0 Å². The van der Waals surface area contributed by atoms with Gasteiger partial charge in [-0.05, 0) is 23.6 Å². The van der Waals surface area contributed by atoms with Crippen LogP contribution in [0.1, 0.15) is 0 Å². The lowest BCUT2D eigenvalue weighted by Crippen LogP contribution is -2.46. The van der Waals surface area contributed by atoms with Gasteiger partial charge in [-0.2, -0.15) is 0 Å². The number of methoxy groups -OCH3 is 1. The van der Waals surface area contributed by atoms with Gasteiger partial charge in [0.1, 0.15) is 11.5 Å². The molecular weight excluding hydrogens is 268 g/mol. The molecule has 0 atom stereocenters. The van der Waals surface area contributed by atoms with Gasteiger partial charge in [-0.25, -0.2) is 0 Å². The van der Waals surface area contributed by atoms with E-state index in [-0.39, 0.29) is 5.78 Å². The van der Waals surface area contributed by atoms with Crippen LogP contribution in [0.5, 0.6) is 11.5 Å². The summed E-state index contributed by atoms with van der Waals surface area (Å²) in [7, 11) is 1.49. The number of ketones is 1. The molecule has 104 valence electrons. The van der Waals surface area contributed by atoms with E-state index in [1.54, 1.807) is 6.08 Å². The summed E-state index contributed by atoms with van der Waals surface area (Å²) in [5.74, 6) is 0.376. The molecule has 1 aliphatic carbocycles. The monoisotopic (exact) mass is 280 g/mol. The normalized spacial score (nSPS) is 18.1. The van der Waals surface area contributed by atoms with Crippen LogP contribution in [-0.2, 0) is 9.53 Å². The number of hydrogen-bond donors (Lipinski definition) is 0. The third-order valence-corrected chi connectivity index (χ3v) is 3.66. The molecule has 2 aliphatic rings. The van der Waals surface area contributed by atoms with Crippen molar-refractivity contribution < 1.29 is 19.0 Å². The van der Waals surface area contributed by atoms with Crippen molar-refractivity contribution in [3.63, 3.8) is 0 Å². The van der Waals surface area contributed by atoms with Crippen LogP contribution in [0.4, 0.5) is 0 Å². The predicted octanol–water partition coefficient (Wildman–Crippen LogP) is 2.98. The van der Waals surface area contributed by atoms with Gasteiger partial charge in [0.25, 0.3) is 0 Å². The lowest BCUT2D eigenvalue weighted by molar-refractivity contribution is -0.114. The Hall–Kier alpha value is -2.75. The van der Waals surface area contributed by atoms with Crippen LogP contribution in [0.15, 0.2) is 60.4 Å². The highest BCUT2D eigenvalue weighted by molar-refractivity contribution is 6.01. The molecule has 0 fully saturated rings. The van der Waals surface area contributed by atoms with Crippen LogP contribution in [0.2, 0.25) is 0 Å². The second-order valence-electron chi connectivity index (χ2n) is 4.93. The molecule has 0 saturated heterocycles. The number of ether oxygens (including phenoxy) is 3. The quantitative estimate of drug-likeness (QED) is 0.805. The first-order valence-corrected chi connectivity index (χ1v) is 6.61. The van der Waals surface area contributed by atoms with E-state index in [4.69, 9.17) is 14.2 Å². The molecule has 0 aromatic heterocycles. The highest BCUT2D eigenvalue weighted by Crippen LogP contribution is 2.44.